The standard InChI is InChI=1S/C9H22Si/c1-6(2)8(5)9(10)7(3)4/h6-9H,1-5,10H3. The van der Waals surface area contributed by atoms with Crippen LogP contribution in [0.25, 0.3) is 0 Å². The van der Waals surface area contributed by atoms with Crippen LogP contribution in [0.1, 0.15) is 34.6 Å². The maximum atomic E-state index is 2.39. The van der Waals surface area contributed by atoms with Gasteiger partial charge < -0.3 is 0 Å². The second kappa shape index (κ2) is 4.17. The van der Waals surface area contributed by atoms with Crippen LogP contribution in [-0.4, -0.2) is 10.2 Å². The van der Waals surface area contributed by atoms with E-state index in [0.717, 1.165) is 23.3 Å². The average Bonchev–Trinajstić information content (AvgIpc) is 1.84. The fraction of sp³-hybridized carbons (Fsp3) is 1.00. The highest BCUT2D eigenvalue weighted by Gasteiger charge is 2.17. The molecule has 0 aromatic rings. The Morgan fingerprint density at radius 1 is 0.800 bits per heavy atom. The Morgan fingerprint density at radius 3 is 1.30 bits per heavy atom. The Kier molecular flexibility index (Phi) is 4.26. The third kappa shape index (κ3) is 2.87. The molecule has 2 unspecified atom stereocenters. The molecule has 10 heavy (non-hydrogen) atoms. The summed E-state index contributed by atoms with van der Waals surface area (Å²) in [6, 6.07) is 0. The van der Waals surface area contributed by atoms with Crippen molar-refractivity contribution in [2.75, 3.05) is 0 Å². The van der Waals surface area contributed by atoms with Gasteiger partial charge in [-0.1, -0.05) is 34.6 Å². The second-order valence-electron chi connectivity index (χ2n) is 4.21. The summed E-state index contributed by atoms with van der Waals surface area (Å²) in [7, 11) is 1.36. The second-order valence-corrected chi connectivity index (χ2v) is 5.54. The lowest BCUT2D eigenvalue weighted by Gasteiger charge is -2.26. The number of rotatable bonds is 3. The van der Waals surface area contributed by atoms with Crippen LogP contribution in [0.2, 0.25) is 5.54 Å². The Labute approximate surface area is 68.8 Å². The lowest BCUT2D eigenvalue weighted by molar-refractivity contribution is 0.345. The molecule has 0 radical (unpaired) electrons. The van der Waals surface area contributed by atoms with Crippen LogP contribution >= 0.6 is 0 Å². The zero-order valence-corrected chi connectivity index (χ0v) is 10.3. The van der Waals surface area contributed by atoms with Crippen molar-refractivity contribution in [3.05, 3.63) is 0 Å². The molecule has 0 nitrogen and oxygen atoms in total. The van der Waals surface area contributed by atoms with Gasteiger partial charge in [0.25, 0.3) is 0 Å². The predicted octanol–water partition coefficient (Wildman–Crippen LogP) is 2.09. The number of hydrogen-bond donors (Lipinski definition) is 0. The molecule has 0 bridgehead atoms. The van der Waals surface area contributed by atoms with Gasteiger partial charge in [-0.15, -0.1) is 0 Å². The molecule has 0 saturated heterocycles. The van der Waals surface area contributed by atoms with Crippen LogP contribution in [0.15, 0.2) is 0 Å². The summed E-state index contributed by atoms with van der Waals surface area (Å²) in [5.74, 6) is 2.68. The first kappa shape index (κ1) is 10.2. The highest BCUT2D eigenvalue weighted by molar-refractivity contribution is 6.11. The van der Waals surface area contributed by atoms with Crippen molar-refractivity contribution in [2.24, 2.45) is 17.8 Å². The van der Waals surface area contributed by atoms with Crippen molar-refractivity contribution in [1.29, 1.82) is 0 Å². The molecule has 2 atom stereocenters. The van der Waals surface area contributed by atoms with E-state index in [0.29, 0.717) is 0 Å². The Morgan fingerprint density at radius 2 is 1.20 bits per heavy atom. The fourth-order valence-electron chi connectivity index (χ4n) is 1.21. The maximum absolute atomic E-state index is 2.39. The largest absolute Gasteiger partial charge is 0.0628 e. The summed E-state index contributed by atoms with van der Waals surface area (Å²) < 4.78 is 0. The van der Waals surface area contributed by atoms with Gasteiger partial charge in [-0.2, -0.15) is 0 Å². The molecule has 0 aromatic heterocycles. The summed E-state index contributed by atoms with van der Waals surface area (Å²) in [5, 5.41) is 0. The first-order valence-corrected chi connectivity index (χ1v) is 5.62. The van der Waals surface area contributed by atoms with Gasteiger partial charge in [0.15, 0.2) is 0 Å². The van der Waals surface area contributed by atoms with Crippen LogP contribution in [0.5, 0.6) is 0 Å². The van der Waals surface area contributed by atoms with Crippen molar-refractivity contribution < 1.29 is 0 Å². The van der Waals surface area contributed by atoms with E-state index in [-0.39, 0.29) is 0 Å². The highest BCUT2D eigenvalue weighted by Crippen LogP contribution is 2.28. The Hall–Kier alpha value is 0.217. The zero-order chi connectivity index (χ0) is 8.31. The molecule has 1 heteroatoms. The normalized spacial score (nSPS) is 18.3. The van der Waals surface area contributed by atoms with Gasteiger partial charge >= 0.3 is 0 Å². The Balaban J connectivity index is 3.81. The van der Waals surface area contributed by atoms with Crippen LogP contribution in [-0.2, 0) is 0 Å². The molecule has 0 fully saturated rings. The van der Waals surface area contributed by atoms with E-state index in [4.69, 9.17) is 0 Å². The average molecular weight is 158 g/mol. The summed E-state index contributed by atoms with van der Waals surface area (Å²) >= 11 is 0. The van der Waals surface area contributed by atoms with E-state index < -0.39 is 0 Å². The molecule has 0 N–H and O–H groups in total. The third-order valence-corrected chi connectivity index (χ3v) is 5.32. The number of hydrogen-bond acceptors (Lipinski definition) is 0. The maximum Gasteiger partial charge on any atom is 0.00740 e. The van der Waals surface area contributed by atoms with E-state index in [1.807, 2.05) is 0 Å². The van der Waals surface area contributed by atoms with Gasteiger partial charge in [0.05, 0.1) is 0 Å². The minimum absolute atomic E-state index is 0.866. The SMILES string of the molecule is CC(C)C(C)C([SiH3])C(C)C. The van der Waals surface area contributed by atoms with Crippen molar-refractivity contribution >= 4 is 10.2 Å². The molecule has 0 aliphatic heterocycles. The van der Waals surface area contributed by atoms with E-state index in [9.17, 15) is 0 Å². The molecular formula is C9H22Si. The lowest BCUT2D eigenvalue weighted by Crippen LogP contribution is -2.16. The monoisotopic (exact) mass is 158 g/mol. The first-order valence-electron chi connectivity index (χ1n) is 4.46. The topological polar surface area (TPSA) is 0 Å². The molecular weight excluding hydrogens is 136 g/mol. The predicted molar refractivity (Wildman–Crippen MR) is 52.5 cm³/mol. The molecule has 0 heterocycles. The van der Waals surface area contributed by atoms with Crippen LogP contribution < -0.4 is 0 Å². The van der Waals surface area contributed by atoms with E-state index in [1.54, 1.807) is 0 Å². The summed E-state index contributed by atoms with van der Waals surface area (Å²) in [5.41, 5.74) is 1.000. The van der Waals surface area contributed by atoms with Gasteiger partial charge in [0.1, 0.15) is 0 Å². The van der Waals surface area contributed by atoms with E-state index >= 15 is 0 Å². The van der Waals surface area contributed by atoms with Crippen LogP contribution in [0, 0.1) is 17.8 Å². The molecule has 0 aromatic carbocycles. The van der Waals surface area contributed by atoms with E-state index in [1.165, 1.54) is 10.2 Å². The molecule has 0 saturated carbocycles. The Bertz CT molecular complexity index is 74.7. The summed E-state index contributed by atoms with van der Waals surface area (Å²) in [4.78, 5) is 0. The van der Waals surface area contributed by atoms with Crippen molar-refractivity contribution in [3.8, 4) is 0 Å². The molecule has 0 aliphatic rings. The van der Waals surface area contributed by atoms with Crippen LogP contribution in [0.3, 0.4) is 0 Å². The van der Waals surface area contributed by atoms with Crippen molar-refractivity contribution in [2.45, 2.75) is 40.2 Å². The van der Waals surface area contributed by atoms with Gasteiger partial charge in [-0.25, -0.2) is 0 Å². The minimum atomic E-state index is 0.866. The lowest BCUT2D eigenvalue weighted by atomic mass is 9.89. The van der Waals surface area contributed by atoms with Crippen molar-refractivity contribution in [3.63, 3.8) is 0 Å². The smallest absolute Gasteiger partial charge is 0.00740 e. The molecule has 0 spiro atoms. The first-order chi connectivity index (χ1) is 4.46. The third-order valence-electron chi connectivity index (χ3n) is 2.93. The van der Waals surface area contributed by atoms with Crippen molar-refractivity contribution in [1.82, 2.24) is 0 Å². The van der Waals surface area contributed by atoms with Gasteiger partial charge in [0.2, 0.25) is 0 Å². The fourth-order valence-corrected chi connectivity index (χ4v) is 1.98. The zero-order valence-electron chi connectivity index (χ0n) is 8.31. The van der Waals surface area contributed by atoms with Gasteiger partial charge in [0, 0.05) is 10.2 Å². The molecule has 0 rings (SSSR count). The highest BCUT2D eigenvalue weighted by atomic mass is 28.1. The minimum Gasteiger partial charge on any atom is -0.0628 e. The van der Waals surface area contributed by atoms with E-state index in [2.05, 4.69) is 34.6 Å². The summed E-state index contributed by atoms with van der Waals surface area (Å²) in [6.45, 7) is 11.7. The quantitative estimate of drug-likeness (QED) is 0.552. The van der Waals surface area contributed by atoms with Crippen LogP contribution in [0.4, 0.5) is 0 Å². The molecule has 0 amide bonds. The molecule has 0 aliphatic carbocycles. The van der Waals surface area contributed by atoms with Gasteiger partial charge in [-0.3, -0.25) is 0 Å². The van der Waals surface area contributed by atoms with Gasteiger partial charge in [-0.05, 0) is 23.3 Å². The molecule has 62 valence electrons. The summed E-state index contributed by atoms with van der Waals surface area (Å²) in [6.07, 6.45) is 0.